The van der Waals surface area contributed by atoms with Crippen molar-refractivity contribution in [2.75, 3.05) is 7.05 Å². The third-order valence-electron chi connectivity index (χ3n) is 1.50. The number of nitrogens with one attached hydrogen (secondary N) is 1. The average Bonchev–Trinajstić information content (AvgIpc) is 2.61. The van der Waals surface area contributed by atoms with Crippen LogP contribution in [0.15, 0.2) is 10.4 Å². The van der Waals surface area contributed by atoms with E-state index in [0.29, 0.717) is 5.01 Å². The van der Waals surface area contributed by atoms with Crippen LogP contribution in [0.1, 0.15) is 10.7 Å². The summed E-state index contributed by atoms with van der Waals surface area (Å²) in [7, 11) is 1.48. The summed E-state index contributed by atoms with van der Waals surface area (Å²) in [5.74, 6) is 0.166. The monoisotopic (exact) mass is 238 g/mol. The largest absolute Gasteiger partial charge is 0.434 e. The number of aromatic nitrogens is 1. The first kappa shape index (κ1) is 11.8. The zero-order valence-electron chi connectivity index (χ0n) is 7.80. The molecule has 0 aliphatic heterocycles. The van der Waals surface area contributed by atoms with Gasteiger partial charge in [-0.25, -0.2) is 4.98 Å². The molecule has 1 heterocycles. The predicted molar refractivity (Wildman–Crippen MR) is 51.5 cm³/mol. The Labute approximate surface area is 88.0 Å². The third kappa shape index (κ3) is 3.39. The van der Waals surface area contributed by atoms with Gasteiger partial charge in [-0.05, 0) is 0 Å². The van der Waals surface area contributed by atoms with Gasteiger partial charge in [0.1, 0.15) is 5.01 Å². The molecule has 0 amide bonds. The van der Waals surface area contributed by atoms with Gasteiger partial charge in [0.2, 0.25) is 0 Å². The van der Waals surface area contributed by atoms with Crippen molar-refractivity contribution in [3.8, 4) is 0 Å². The van der Waals surface area contributed by atoms with Crippen LogP contribution in [0.5, 0.6) is 0 Å². The second kappa shape index (κ2) is 4.47. The Morgan fingerprint density at radius 3 is 2.80 bits per heavy atom. The first-order chi connectivity index (χ1) is 6.93. The Morgan fingerprint density at radius 1 is 1.67 bits per heavy atom. The van der Waals surface area contributed by atoms with Gasteiger partial charge in [0.05, 0.1) is 6.54 Å². The number of nitrogens with zero attached hydrogens (tertiary/aromatic N) is 2. The maximum Gasteiger partial charge on any atom is 0.434 e. The van der Waals surface area contributed by atoms with Gasteiger partial charge < -0.3 is 11.1 Å². The summed E-state index contributed by atoms with van der Waals surface area (Å²) in [6.45, 7) is 0.143. The topological polar surface area (TPSA) is 63.3 Å². The number of halogens is 3. The first-order valence-corrected chi connectivity index (χ1v) is 4.79. The maximum atomic E-state index is 12.1. The van der Waals surface area contributed by atoms with E-state index in [1.807, 2.05) is 0 Å². The van der Waals surface area contributed by atoms with Crippen LogP contribution in [0.3, 0.4) is 0 Å². The molecule has 0 unspecified atom stereocenters. The van der Waals surface area contributed by atoms with Crippen LogP contribution in [0, 0.1) is 0 Å². The highest BCUT2D eigenvalue weighted by Gasteiger charge is 2.33. The number of rotatable bonds is 2. The number of hydrogen-bond donors (Lipinski definition) is 2. The van der Waals surface area contributed by atoms with Crippen LogP contribution in [0.4, 0.5) is 13.2 Å². The van der Waals surface area contributed by atoms with Crippen molar-refractivity contribution in [3.63, 3.8) is 0 Å². The Morgan fingerprint density at radius 2 is 2.33 bits per heavy atom. The van der Waals surface area contributed by atoms with Crippen molar-refractivity contribution < 1.29 is 13.2 Å². The molecule has 8 heteroatoms. The van der Waals surface area contributed by atoms with Crippen molar-refractivity contribution in [1.82, 2.24) is 10.3 Å². The van der Waals surface area contributed by atoms with Crippen LogP contribution in [-0.2, 0) is 12.7 Å². The highest BCUT2D eigenvalue weighted by molar-refractivity contribution is 7.09. The minimum Gasteiger partial charge on any atom is -0.370 e. The molecule has 0 radical (unpaired) electrons. The fourth-order valence-corrected chi connectivity index (χ4v) is 1.51. The van der Waals surface area contributed by atoms with E-state index < -0.39 is 11.9 Å². The Balaban J connectivity index is 2.62. The molecule has 15 heavy (non-hydrogen) atoms. The minimum atomic E-state index is -4.39. The molecule has 0 bridgehead atoms. The van der Waals surface area contributed by atoms with E-state index in [1.54, 1.807) is 0 Å². The molecule has 0 atom stereocenters. The van der Waals surface area contributed by atoms with Gasteiger partial charge in [-0.1, -0.05) is 0 Å². The van der Waals surface area contributed by atoms with E-state index in [1.165, 1.54) is 7.05 Å². The van der Waals surface area contributed by atoms with Gasteiger partial charge in [-0.2, -0.15) is 13.2 Å². The number of thiazole rings is 1. The zero-order valence-corrected chi connectivity index (χ0v) is 8.61. The lowest BCUT2D eigenvalue weighted by Crippen LogP contribution is -2.30. The van der Waals surface area contributed by atoms with E-state index in [9.17, 15) is 13.2 Å². The van der Waals surface area contributed by atoms with E-state index in [2.05, 4.69) is 15.3 Å². The molecule has 0 aromatic carbocycles. The Kier molecular flexibility index (Phi) is 3.51. The number of hydrogen-bond acceptors (Lipinski definition) is 3. The summed E-state index contributed by atoms with van der Waals surface area (Å²) in [6.07, 6.45) is -4.39. The van der Waals surface area contributed by atoms with Gasteiger partial charge in [0.15, 0.2) is 11.7 Å². The smallest absolute Gasteiger partial charge is 0.370 e. The number of alkyl halides is 3. The molecule has 0 saturated heterocycles. The van der Waals surface area contributed by atoms with Gasteiger partial charge in [0.25, 0.3) is 0 Å². The van der Waals surface area contributed by atoms with Crippen molar-refractivity contribution in [3.05, 3.63) is 16.1 Å². The molecular formula is C7H9F3N4S. The summed E-state index contributed by atoms with van der Waals surface area (Å²) >= 11 is 0.925. The Bertz CT molecular complexity index is 357. The third-order valence-corrected chi connectivity index (χ3v) is 2.35. The summed E-state index contributed by atoms with van der Waals surface area (Å²) < 4.78 is 36.4. The second-order valence-corrected chi connectivity index (χ2v) is 3.53. The number of guanidine groups is 1. The maximum absolute atomic E-state index is 12.1. The van der Waals surface area contributed by atoms with Crippen molar-refractivity contribution in [1.29, 1.82) is 0 Å². The highest BCUT2D eigenvalue weighted by atomic mass is 32.1. The standard InChI is InChI=1S/C7H9F3N4S/c1-12-6(11)13-2-5-14-4(3-15-5)7(8,9)10/h3H,2H2,1H3,(H3,11,12,13). The quantitative estimate of drug-likeness (QED) is 0.601. The van der Waals surface area contributed by atoms with Crippen molar-refractivity contribution >= 4 is 17.3 Å². The van der Waals surface area contributed by atoms with Gasteiger partial charge >= 0.3 is 6.18 Å². The zero-order chi connectivity index (χ0) is 11.5. The van der Waals surface area contributed by atoms with Crippen LogP contribution in [0.25, 0.3) is 0 Å². The molecule has 0 spiro atoms. The SMILES string of the molecule is CN=C(N)NCc1nc(C(F)(F)F)cs1. The fourth-order valence-electron chi connectivity index (χ4n) is 0.768. The predicted octanol–water partition coefficient (Wildman–Crippen LogP) is 1.20. The summed E-state index contributed by atoms with van der Waals surface area (Å²) in [6, 6.07) is 0. The molecule has 0 saturated carbocycles. The van der Waals surface area contributed by atoms with Crippen LogP contribution in [0.2, 0.25) is 0 Å². The number of aliphatic imine (C=N–C) groups is 1. The molecule has 1 aromatic rings. The minimum absolute atomic E-state index is 0.143. The molecule has 84 valence electrons. The van der Waals surface area contributed by atoms with Gasteiger partial charge in [-0.15, -0.1) is 11.3 Å². The lowest BCUT2D eigenvalue weighted by atomic mass is 10.5. The average molecular weight is 238 g/mol. The highest BCUT2D eigenvalue weighted by Crippen LogP contribution is 2.29. The molecule has 0 fully saturated rings. The van der Waals surface area contributed by atoms with E-state index in [0.717, 1.165) is 16.7 Å². The number of nitrogens with two attached hydrogens (primary N) is 1. The summed E-state index contributed by atoms with van der Waals surface area (Å²) in [4.78, 5) is 7.01. The van der Waals surface area contributed by atoms with Crippen LogP contribution >= 0.6 is 11.3 Å². The van der Waals surface area contributed by atoms with Crippen molar-refractivity contribution in [2.24, 2.45) is 10.7 Å². The van der Waals surface area contributed by atoms with E-state index >= 15 is 0 Å². The van der Waals surface area contributed by atoms with E-state index in [-0.39, 0.29) is 12.5 Å². The molecule has 1 aromatic heterocycles. The van der Waals surface area contributed by atoms with Gasteiger partial charge in [-0.3, -0.25) is 4.99 Å². The lowest BCUT2D eigenvalue weighted by Gasteiger charge is -2.02. The molecule has 3 N–H and O–H groups in total. The first-order valence-electron chi connectivity index (χ1n) is 3.91. The van der Waals surface area contributed by atoms with Crippen LogP contribution < -0.4 is 11.1 Å². The molecule has 0 aliphatic carbocycles. The summed E-state index contributed by atoms with van der Waals surface area (Å²) in [5, 5.41) is 3.90. The molecule has 4 nitrogen and oxygen atoms in total. The normalized spacial score (nSPS) is 12.9. The second-order valence-electron chi connectivity index (χ2n) is 2.59. The molecule has 1 rings (SSSR count). The summed E-state index contributed by atoms with van der Waals surface area (Å²) in [5.41, 5.74) is 4.43. The molecule has 0 aliphatic rings. The lowest BCUT2D eigenvalue weighted by molar-refractivity contribution is -0.140. The fraction of sp³-hybridized carbons (Fsp3) is 0.429. The van der Waals surface area contributed by atoms with Crippen LogP contribution in [-0.4, -0.2) is 18.0 Å². The van der Waals surface area contributed by atoms with E-state index in [4.69, 9.17) is 5.73 Å². The van der Waals surface area contributed by atoms with Gasteiger partial charge in [0, 0.05) is 12.4 Å². The molecular weight excluding hydrogens is 229 g/mol. The van der Waals surface area contributed by atoms with Crippen molar-refractivity contribution in [2.45, 2.75) is 12.7 Å². The Hall–Kier alpha value is -1.31.